The highest BCUT2D eigenvalue weighted by Gasteiger charge is 2.67. The molecule has 4 aliphatic rings. The lowest BCUT2D eigenvalue weighted by Crippen LogP contribution is -2.49. The van der Waals surface area contributed by atoms with E-state index < -0.39 is 52.6 Å². The molecule has 2 heterocycles. The van der Waals surface area contributed by atoms with Gasteiger partial charge in [-0.15, -0.1) is 0 Å². The van der Waals surface area contributed by atoms with Gasteiger partial charge in [-0.1, -0.05) is 65.7 Å². The number of imide groups is 2. The second-order valence-electron chi connectivity index (χ2n) is 13.7. The maximum absolute atomic E-state index is 14.7. The zero-order chi connectivity index (χ0) is 34.4. The highest BCUT2D eigenvalue weighted by molar-refractivity contribution is 6.31. The number of rotatable bonds is 5. The molecule has 0 aromatic heterocycles. The molecule has 0 spiro atoms. The number of halogens is 2. The third-order valence-electron chi connectivity index (χ3n) is 11.3. The van der Waals surface area contributed by atoms with Crippen molar-refractivity contribution in [3.63, 3.8) is 0 Å². The summed E-state index contributed by atoms with van der Waals surface area (Å²) in [6, 6.07) is 21.1. The van der Waals surface area contributed by atoms with Gasteiger partial charge in [0.15, 0.2) is 0 Å². The fourth-order valence-corrected chi connectivity index (χ4v) is 9.15. The van der Waals surface area contributed by atoms with Crippen molar-refractivity contribution in [3.05, 3.63) is 112 Å². The van der Waals surface area contributed by atoms with Crippen LogP contribution in [0.4, 0.5) is 10.1 Å². The van der Waals surface area contributed by atoms with E-state index in [4.69, 9.17) is 11.6 Å². The molecule has 6 unspecified atom stereocenters. The van der Waals surface area contributed by atoms with E-state index in [2.05, 4.69) is 0 Å². The van der Waals surface area contributed by atoms with Crippen molar-refractivity contribution in [1.29, 1.82) is 0 Å². The quantitative estimate of drug-likeness (QED) is 0.184. The summed E-state index contributed by atoms with van der Waals surface area (Å²) in [6.07, 6.45) is 2.90. The molecule has 10 heteroatoms. The monoisotopic (exact) mass is 678 g/mol. The lowest BCUT2D eigenvalue weighted by atomic mass is 9.51. The Labute approximate surface area is 286 Å². The molecular weight excluding hydrogens is 647 g/mol. The van der Waals surface area contributed by atoms with Crippen molar-refractivity contribution in [3.8, 4) is 11.5 Å². The fourth-order valence-electron chi connectivity index (χ4n) is 8.98. The smallest absolute Gasteiger partial charge is 0.241 e. The second-order valence-corrected chi connectivity index (χ2v) is 14.1. The summed E-state index contributed by atoms with van der Waals surface area (Å²) >= 11 is 6.11. The first-order chi connectivity index (χ1) is 23.5. The number of carbonyl (C=O) groups excluding carboxylic acids is 4. The van der Waals surface area contributed by atoms with Crippen LogP contribution < -0.4 is 4.90 Å². The molecule has 4 aromatic rings. The molecule has 49 heavy (non-hydrogen) atoms. The molecule has 2 aliphatic heterocycles. The summed E-state index contributed by atoms with van der Waals surface area (Å²) in [5.41, 5.74) is 1.29. The highest BCUT2D eigenvalue weighted by Crippen LogP contribution is 2.64. The van der Waals surface area contributed by atoms with Gasteiger partial charge in [-0.3, -0.25) is 24.1 Å². The number of hydrogen-bond donors (Lipinski definition) is 2. The van der Waals surface area contributed by atoms with Gasteiger partial charge in [0.05, 0.1) is 33.9 Å². The molecule has 0 radical (unpaired) electrons. The first kappa shape index (κ1) is 31.3. The summed E-state index contributed by atoms with van der Waals surface area (Å²) in [5, 5.41) is 21.5. The zero-order valence-corrected chi connectivity index (χ0v) is 27.2. The van der Waals surface area contributed by atoms with Gasteiger partial charge >= 0.3 is 0 Å². The van der Waals surface area contributed by atoms with Crippen molar-refractivity contribution < 1.29 is 33.8 Å². The van der Waals surface area contributed by atoms with Crippen LogP contribution in [0.5, 0.6) is 11.5 Å². The first-order valence-electron chi connectivity index (χ1n) is 16.4. The average molecular weight is 679 g/mol. The SMILES string of the molecule is CC12C(=O)N(c3ccc(F)c(Cl)c3)C(=O)C1CC1C(=CCC3C(=O)N(CCc4ccc(O)cc4)C(=O)C31)C2c1ccc(O)c2ccccc12. The molecule has 8 rings (SSSR count). The number of allylic oxidation sites excluding steroid dienone is 2. The average Bonchev–Trinajstić information content (AvgIpc) is 3.45. The third-order valence-corrected chi connectivity index (χ3v) is 11.6. The van der Waals surface area contributed by atoms with Gasteiger partial charge in [-0.2, -0.15) is 0 Å². The highest BCUT2D eigenvalue weighted by atomic mass is 35.5. The number of nitrogens with zero attached hydrogens (tertiary/aromatic N) is 2. The summed E-state index contributed by atoms with van der Waals surface area (Å²) in [7, 11) is 0. The standard InChI is InChI=1S/C39H32ClFN2O6/c1-39-29(36(47)43(38(39)49)21-8-14-31(41)30(40)18-21)19-28-26(34(39)25-13-15-32(45)24-5-3-2-4-23(24)25)11-12-27-33(28)37(48)42(35(27)46)17-16-20-6-9-22(44)10-7-20/h2-11,13-15,18,27-29,33-34,44-45H,12,16-17,19H2,1H3. The van der Waals surface area contributed by atoms with Crippen LogP contribution in [0.1, 0.15) is 36.8 Å². The molecule has 0 bridgehead atoms. The molecule has 2 N–H and O–H groups in total. The molecule has 248 valence electrons. The van der Waals surface area contributed by atoms with Crippen LogP contribution >= 0.6 is 11.6 Å². The predicted molar refractivity (Wildman–Crippen MR) is 180 cm³/mol. The number of fused-ring (bicyclic) bond motifs is 5. The fraction of sp³-hybridized carbons (Fsp3) is 0.282. The lowest BCUT2D eigenvalue weighted by molar-refractivity contribution is -0.140. The molecule has 4 aromatic carbocycles. The van der Waals surface area contributed by atoms with E-state index in [1.807, 2.05) is 24.3 Å². The van der Waals surface area contributed by atoms with Gasteiger partial charge in [0, 0.05) is 17.8 Å². The van der Waals surface area contributed by atoms with Crippen LogP contribution in [0.3, 0.4) is 0 Å². The topological polar surface area (TPSA) is 115 Å². The van der Waals surface area contributed by atoms with Gasteiger partial charge in [-0.05, 0) is 85.0 Å². The molecule has 3 fully saturated rings. The van der Waals surface area contributed by atoms with Gasteiger partial charge in [-0.25, -0.2) is 9.29 Å². The van der Waals surface area contributed by atoms with Crippen LogP contribution in [-0.4, -0.2) is 45.3 Å². The number of amides is 4. The van der Waals surface area contributed by atoms with Crippen LogP contribution in [0, 0.1) is 34.9 Å². The number of aromatic hydroxyl groups is 2. The first-order valence-corrected chi connectivity index (χ1v) is 16.8. The Balaban J connectivity index is 1.24. The minimum absolute atomic E-state index is 0.0725. The van der Waals surface area contributed by atoms with Gasteiger partial charge in [0.25, 0.3) is 0 Å². The summed E-state index contributed by atoms with van der Waals surface area (Å²) in [4.78, 5) is 59.6. The van der Waals surface area contributed by atoms with Crippen molar-refractivity contribution in [2.24, 2.45) is 29.1 Å². The maximum atomic E-state index is 14.7. The van der Waals surface area contributed by atoms with E-state index in [1.165, 1.54) is 17.0 Å². The minimum atomic E-state index is -1.31. The molecule has 2 aliphatic carbocycles. The Hall–Kier alpha value is -5.02. The van der Waals surface area contributed by atoms with Crippen LogP contribution in [0.2, 0.25) is 5.02 Å². The van der Waals surface area contributed by atoms with Crippen LogP contribution in [0.15, 0.2) is 90.5 Å². The summed E-state index contributed by atoms with van der Waals surface area (Å²) in [6.45, 7) is 1.96. The van der Waals surface area contributed by atoms with Gasteiger partial charge in [0.1, 0.15) is 17.3 Å². The van der Waals surface area contributed by atoms with Crippen molar-refractivity contribution in [2.75, 3.05) is 11.4 Å². The van der Waals surface area contributed by atoms with E-state index in [9.17, 15) is 33.8 Å². The number of likely N-dealkylation sites (tertiary alicyclic amines) is 1. The Morgan fingerprint density at radius 3 is 2.35 bits per heavy atom. The van der Waals surface area contributed by atoms with Gasteiger partial charge < -0.3 is 10.2 Å². The number of hydrogen-bond acceptors (Lipinski definition) is 6. The molecule has 1 saturated carbocycles. The van der Waals surface area contributed by atoms with E-state index in [-0.39, 0.29) is 47.0 Å². The summed E-state index contributed by atoms with van der Waals surface area (Å²) in [5.74, 6) is -5.29. The van der Waals surface area contributed by atoms with E-state index in [1.54, 1.807) is 49.4 Å². The number of benzene rings is 4. The van der Waals surface area contributed by atoms with Crippen LogP contribution in [-0.2, 0) is 25.6 Å². The molecule has 4 amide bonds. The maximum Gasteiger partial charge on any atom is 0.241 e. The Kier molecular flexibility index (Phi) is 7.19. The van der Waals surface area contributed by atoms with Crippen LogP contribution in [0.25, 0.3) is 10.8 Å². The Morgan fingerprint density at radius 2 is 1.61 bits per heavy atom. The largest absolute Gasteiger partial charge is 0.508 e. The number of phenolic OH excluding ortho intramolecular Hbond substituents is 2. The number of carbonyl (C=O) groups is 4. The predicted octanol–water partition coefficient (Wildman–Crippen LogP) is 6.52. The van der Waals surface area contributed by atoms with E-state index in [0.717, 1.165) is 27.7 Å². The van der Waals surface area contributed by atoms with Gasteiger partial charge in [0.2, 0.25) is 23.6 Å². The molecule has 8 nitrogen and oxygen atoms in total. The second kappa shape index (κ2) is 11.3. The summed E-state index contributed by atoms with van der Waals surface area (Å²) < 4.78 is 14.2. The normalized spacial score (nSPS) is 27.7. The lowest BCUT2D eigenvalue weighted by Gasteiger charge is -2.49. The molecular formula is C39H32ClFN2O6. The van der Waals surface area contributed by atoms with Crippen molar-refractivity contribution in [2.45, 2.75) is 32.1 Å². The van der Waals surface area contributed by atoms with Crippen molar-refractivity contribution >= 4 is 51.7 Å². The molecule has 2 saturated heterocycles. The third kappa shape index (κ3) is 4.55. The molecule has 6 atom stereocenters. The van der Waals surface area contributed by atoms with Crippen molar-refractivity contribution in [1.82, 2.24) is 4.90 Å². The van der Waals surface area contributed by atoms with E-state index >= 15 is 0 Å². The van der Waals surface area contributed by atoms with E-state index in [0.29, 0.717) is 23.6 Å². The minimum Gasteiger partial charge on any atom is -0.508 e. The number of phenols is 2. The Morgan fingerprint density at radius 1 is 0.878 bits per heavy atom. The number of anilines is 1. The Bertz CT molecular complexity index is 2130. The zero-order valence-electron chi connectivity index (χ0n) is 26.5.